The Bertz CT molecular complexity index is 1230. The second kappa shape index (κ2) is 7.88. The second-order valence-electron chi connectivity index (χ2n) is 7.97. The van der Waals surface area contributed by atoms with Crippen molar-refractivity contribution in [3.05, 3.63) is 62.5 Å². The van der Waals surface area contributed by atoms with Gasteiger partial charge >= 0.3 is 0 Å². The van der Waals surface area contributed by atoms with Crippen LogP contribution in [0.4, 0.5) is 0 Å². The first-order valence-electron chi connectivity index (χ1n) is 10.3. The smallest absolute Gasteiger partial charge is 0.259 e. The van der Waals surface area contributed by atoms with Gasteiger partial charge in [-0.3, -0.25) is 9.69 Å². The number of fused-ring (bicyclic) bond motifs is 3. The fourth-order valence-corrected chi connectivity index (χ4v) is 7.17. The number of hydrogen-bond acceptors (Lipinski definition) is 6. The molecule has 1 N–H and O–H groups in total. The number of rotatable bonds is 5. The predicted molar refractivity (Wildman–Crippen MR) is 118 cm³/mol. The van der Waals surface area contributed by atoms with Crippen molar-refractivity contribution in [1.29, 1.82) is 0 Å². The number of piperazine rings is 1. The molecule has 1 aliphatic carbocycles. The molecule has 0 atom stereocenters. The summed E-state index contributed by atoms with van der Waals surface area (Å²) in [5.74, 6) is 0.690. The second-order valence-corrected chi connectivity index (χ2v) is 11.0. The molecule has 1 saturated heterocycles. The summed E-state index contributed by atoms with van der Waals surface area (Å²) in [6, 6.07) is 9.28. The Balaban J connectivity index is 1.25. The Labute approximate surface area is 179 Å². The summed E-state index contributed by atoms with van der Waals surface area (Å²) >= 11 is 1.64. The molecule has 7 nitrogen and oxygen atoms in total. The van der Waals surface area contributed by atoms with Crippen LogP contribution in [0, 0.1) is 0 Å². The summed E-state index contributed by atoms with van der Waals surface area (Å²) < 4.78 is 27.0. The maximum Gasteiger partial charge on any atom is 0.259 e. The summed E-state index contributed by atoms with van der Waals surface area (Å²) in [5.41, 5.74) is 1.95. The highest BCUT2D eigenvalue weighted by Gasteiger charge is 2.28. The number of nitrogens with zero attached hydrogens (tertiary/aromatic N) is 3. The van der Waals surface area contributed by atoms with Crippen molar-refractivity contribution in [3.8, 4) is 0 Å². The molecular formula is C21H24N4O3S2. The Hall–Kier alpha value is -2.07. The van der Waals surface area contributed by atoms with Crippen LogP contribution in [0.3, 0.4) is 0 Å². The van der Waals surface area contributed by atoms with Crippen LogP contribution in [0.25, 0.3) is 10.2 Å². The van der Waals surface area contributed by atoms with Gasteiger partial charge in [0.1, 0.15) is 10.7 Å². The van der Waals surface area contributed by atoms with E-state index in [4.69, 9.17) is 4.98 Å². The zero-order valence-electron chi connectivity index (χ0n) is 16.6. The first-order chi connectivity index (χ1) is 14.5. The van der Waals surface area contributed by atoms with Crippen LogP contribution in [-0.4, -0.2) is 53.8 Å². The van der Waals surface area contributed by atoms with Crippen LogP contribution < -0.4 is 5.56 Å². The minimum Gasteiger partial charge on any atom is -0.309 e. The Morgan fingerprint density at radius 1 is 1.07 bits per heavy atom. The van der Waals surface area contributed by atoms with E-state index in [-0.39, 0.29) is 11.3 Å². The highest BCUT2D eigenvalue weighted by atomic mass is 32.2. The van der Waals surface area contributed by atoms with Crippen LogP contribution >= 0.6 is 11.3 Å². The summed E-state index contributed by atoms with van der Waals surface area (Å²) in [5, 5.41) is 0.771. The Morgan fingerprint density at radius 3 is 2.60 bits per heavy atom. The topological polar surface area (TPSA) is 86.4 Å². The Morgan fingerprint density at radius 2 is 1.83 bits per heavy atom. The molecule has 30 heavy (non-hydrogen) atoms. The van der Waals surface area contributed by atoms with E-state index in [1.165, 1.54) is 10.4 Å². The molecule has 0 saturated carbocycles. The molecule has 158 valence electrons. The number of benzene rings is 1. The summed E-state index contributed by atoms with van der Waals surface area (Å²) in [4.78, 5) is 24.6. The number of hydrogen-bond donors (Lipinski definition) is 1. The molecular weight excluding hydrogens is 420 g/mol. The number of aryl methyl sites for hydroxylation is 2. The molecule has 0 amide bonds. The van der Waals surface area contributed by atoms with Gasteiger partial charge in [-0.2, -0.15) is 4.31 Å². The fraction of sp³-hybridized carbons (Fsp3) is 0.429. The quantitative estimate of drug-likeness (QED) is 0.652. The lowest BCUT2D eigenvalue weighted by Gasteiger charge is -2.33. The van der Waals surface area contributed by atoms with E-state index in [0.29, 0.717) is 38.5 Å². The third-order valence-electron chi connectivity index (χ3n) is 5.91. The molecule has 0 bridgehead atoms. The van der Waals surface area contributed by atoms with Gasteiger partial charge in [-0.1, -0.05) is 30.3 Å². The van der Waals surface area contributed by atoms with Crippen LogP contribution in [0.1, 0.15) is 28.2 Å². The standard InChI is InChI=1S/C21H24N4O3S2/c26-20-19-16-7-4-8-17(16)29-21(19)23-18(22-20)13-24-9-11-25(12-10-24)30(27,28)14-15-5-2-1-3-6-15/h1-3,5-6H,4,7-14H2,(H,22,23,26). The third-order valence-corrected chi connectivity index (χ3v) is 8.95. The monoisotopic (exact) mass is 444 g/mol. The number of thiophene rings is 1. The zero-order valence-corrected chi connectivity index (χ0v) is 18.3. The van der Waals surface area contributed by atoms with Crippen molar-refractivity contribution in [2.24, 2.45) is 0 Å². The van der Waals surface area contributed by atoms with E-state index < -0.39 is 10.0 Å². The fourth-order valence-electron chi connectivity index (χ4n) is 4.38. The lowest BCUT2D eigenvalue weighted by atomic mass is 10.2. The largest absolute Gasteiger partial charge is 0.309 e. The van der Waals surface area contributed by atoms with Crippen LogP contribution in [0.15, 0.2) is 35.1 Å². The zero-order chi connectivity index (χ0) is 20.7. The molecule has 1 aliphatic heterocycles. The van der Waals surface area contributed by atoms with Crippen molar-refractivity contribution in [1.82, 2.24) is 19.2 Å². The van der Waals surface area contributed by atoms with Crippen LogP contribution in [-0.2, 0) is 35.2 Å². The van der Waals surface area contributed by atoms with Crippen molar-refractivity contribution < 1.29 is 8.42 Å². The highest BCUT2D eigenvalue weighted by Crippen LogP contribution is 2.34. The SMILES string of the molecule is O=c1[nH]c(CN2CCN(S(=O)(=O)Cc3ccccc3)CC2)nc2sc3c(c12)CCC3. The lowest BCUT2D eigenvalue weighted by molar-refractivity contribution is 0.178. The maximum atomic E-state index is 12.7. The maximum absolute atomic E-state index is 12.7. The summed E-state index contributed by atoms with van der Waals surface area (Å²) in [7, 11) is -3.33. The molecule has 0 unspecified atom stereocenters. The first-order valence-corrected chi connectivity index (χ1v) is 12.7. The van der Waals surface area contributed by atoms with E-state index in [1.54, 1.807) is 15.6 Å². The van der Waals surface area contributed by atoms with E-state index >= 15 is 0 Å². The van der Waals surface area contributed by atoms with Gasteiger partial charge in [0, 0.05) is 31.1 Å². The van der Waals surface area contributed by atoms with Crippen molar-refractivity contribution in [3.63, 3.8) is 0 Å². The van der Waals surface area contributed by atoms with Gasteiger partial charge in [0.25, 0.3) is 5.56 Å². The van der Waals surface area contributed by atoms with Crippen molar-refractivity contribution in [2.45, 2.75) is 31.6 Å². The molecule has 3 heterocycles. The van der Waals surface area contributed by atoms with E-state index in [2.05, 4.69) is 9.88 Å². The molecule has 2 aromatic heterocycles. The van der Waals surface area contributed by atoms with Crippen molar-refractivity contribution >= 4 is 31.6 Å². The number of sulfonamides is 1. The molecule has 0 radical (unpaired) electrons. The average Bonchev–Trinajstić information content (AvgIpc) is 3.29. The van der Waals surface area contributed by atoms with Gasteiger partial charge < -0.3 is 4.98 Å². The molecule has 9 heteroatoms. The Kier molecular flexibility index (Phi) is 5.22. The van der Waals surface area contributed by atoms with E-state index in [1.807, 2.05) is 30.3 Å². The van der Waals surface area contributed by atoms with Crippen LogP contribution in [0.2, 0.25) is 0 Å². The average molecular weight is 445 g/mol. The van der Waals surface area contributed by atoms with E-state index in [9.17, 15) is 13.2 Å². The van der Waals surface area contributed by atoms with Gasteiger partial charge in [0.05, 0.1) is 17.7 Å². The van der Waals surface area contributed by atoms with Gasteiger partial charge in [-0.25, -0.2) is 13.4 Å². The van der Waals surface area contributed by atoms with Gasteiger partial charge in [0.15, 0.2) is 0 Å². The molecule has 2 aliphatic rings. The number of aromatic nitrogens is 2. The normalized spacial score (nSPS) is 18.1. The van der Waals surface area contributed by atoms with Gasteiger partial charge in [-0.15, -0.1) is 11.3 Å². The molecule has 0 spiro atoms. The third kappa shape index (κ3) is 3.82. The van der Waals surface area contributed by atoms with E-state index in [0.717, 1.165) is 35.0 Å². The number of aromatic amines is 1. The van der Waals surface area contributed by atoms with Gasteiger partial charge in [-0.05, 0) is 30.4 Å². The molecule has 1 fully saturated rings. The molecule has 1 aromatic carbocycles. The molecule has 5 rings (SSSR count). The number of nitrogens with one attached hydrogen (secondary N) is 1. The highest BCUT2D eigenvalue weighted by molar-refractivity contribution is 7.88. The van der Waals surface area contributed by atoms with Gasteiger partial charge in [0.2, 0.25) is 10.0 Å². The summed E-state index contributed by atoms with van der Waals surface area (Å²) in [6.07, 6.45) is 3.14. The lowest BCUT2D eigenvalue weighted by Crippen LogP contribution is -2.48. The number of H-pyrrole nitrogens is 1. The van der Waals surface area contributed by atoms with Crippen molar-refractivity contribution in [2.75, 3.05) is 26.2 Å². The molecule has 3 aromatic rings. The minimum atomic E-state index is -3.33. The van der Waals surface area contributed by atoms with Crippen LogP contribution in [0.5, 0.6) is 0 Å². The minimum absolute atomic E-state index is 0.0302. The first kappa shape index (κ1) is 19.9. The summed E-state index contributed by atoms with van der Waals surface area (Å²) in [6.45, 7) is 2.68. The predicted octanol–water partition coefficient (Wildman–Crippen LogP) is 2.12.